The highest BCUT2D eigenvalue weighted by atomic mass is 19.3. The van der Waals surface area contributed by atoms with Gasteiger partial charge in [-0.15, -0.1) is 0 Å². The van der Waals surface area contributed by atoms with Crippen LogP contribution in [0, 0.1) is 30.2 Å². The Morgan fingerprint density at radius 2 is 1.50 bits per heavy atom. The van der Waals surface area contributed by atoms with E-state index in [0.717, 1.165) is 0 Å². The number of hydrogen-bond acceptors (Lipinski definition) is 0. The van der Waals surface area contributed by atoms with Crippen LogP contribution in [0.3, 0.4) is 0 Å². The largest absolute Gasteiger partial charge is 0.266 e. The Labute approximate surface area is 134 Å². The molecule has 0 aliphatic heterocycles. The maximum absolute atomic E-state index is 14.4. The van der Waals surface area contributed by atoms with Crippen molar-refractivity contribution in [1.29, 1.82) is 0 Å². The van der Waals surface area contributed by atoms with E-state index in [4.69, 9.17) is 0 Å². The van der Waals surface area contributed by atoms with Crippen molar-refractivity contribution in [3.8, 4) is 11.1 Å². The number of allylic oxidation sites excluding steroid dienone is 1. The number of halogens is 6. The Hall–Kier alpha value is -2.24. The van der Waals surface area contributed by atoms with Crippen molar-refractivity contribution in [2.45, 2.75) is 26.2 Å². The fourth-order valence-corrected chi connectivity index (χ4v) is 3.10. The molecule has 126 valence electrons. The van der Waals surface area contributed by atoms with Crippen molar-refractivity contribution in [3.63, 3.8) is 0 Å². The second-order valence-electron chi connectivity index (χ2n) is 5.76. The third kappa shape index (κ3) is 2.60. The standard InChI is InChI=1S/C18H12F6/c1-8-5-10-7-11-6-9(3-2-4-12(19)20)16(22)18(24)14(11)13(10)17(23)15(8)21/h4-6H,2-3,7H2,1H3. The van der Waals surface area contributed by atoms with Crippen molar-refractivity contribution in [3.05, 3.63) is 69.8 Å². The Balaban J connectivity index is 2.10. The molecule has 0 bridgehead atoms. The first-order chi connectivity index (χ1) is 11.3. The first-order valence-electron chi connectivity index (χ1n) is 7.30. The first kappa shape index (κ1) is 16.6. The molecule has 3 rings (SSSR count). The van der Waals surface area contributed by atoms with Crippen LogP contribution < -0.4 is 0 Å². The molecule has 0 saturated carbocycles. The highest BCUT2D eigenvalue weighted by molar-refractivity contribution is 5.78. The van der Waals surface area contributed by atoms with E-state index >= 15 is 0 Å². The molecule has 0 nitrogen and oxygen atoms in total. The van der Waals surface area contributed by atoms with Crippen LogP contribution in [-0.4, -0.2) is 0 Å². The van der Waals surface area contributed by atoms with Crippen LogP contribution in [-0.2, 0) is 12.8 Å². The van der Waals surface area contributed by atoms with Crippen LogP contribution in [0.25, 0.3) is 11.1 Å². The highest BCUT2D eigenvalue weighted by Gasteiger charge is 2.31. The van der Waals surface area contributed by atoms with Gasteiger partial charge in [0.15, 0.2) is 23.3 Å². The fourth-order valence-electron chi connectivity index (χ4n) is 3.10. The SMILES string of the molecule is Cc1cc2c(c(F)c1F)-c1c(cc(CCC=C(F)F)c(F)c1F)C2. The van der Waals surface area contributed by atoms with Gasteiger partial charge in [-0.3, -0.25) is 0 Å². The van der Waals surface area contributed by atoms with E-state index in [1.807, 2.05) is 0 Å². The van der Waals surface area contributed by atoms with Crippen molar-refractivity contribution < 1.29 is 26.3 Å². The van der Waals surface area contributed by atoms with Crippen LogP contribution in [0.2, 0.25) is 0 Å². The lowest BCUT2D eigenvalue weighted by atomic mass is 9.98. The third-order valence-corrected chi connectivity index (χ3v) is 4.18. The molecule has 0 amide bonds. The lowest BCUT2D eigenvalue weighted by molar-refractivity contribution is 0.417. The Morgan fingerprint density at radius 3 is 2.12 bits per heavy atom. The molecule has 0 aromatic heterocycles. The molecule has 2 aromatic carbocycles. The maximum Gasteiger partial charge on any atom is 0.266 e. The zero-order chi connectivity index (χ0) is 17.6. The van der Waals surface area contributed by atoms with Gasteiger partial charge in [0.2, 0.25) is 0 Å². The molecule has 0 saturated heterocycles. The predicted molar refractivity (Wildman–Crippen MR) is 77.9 cm³/mol. The molecule has 0 atom stereocenters. The molecule has 0 fully saturated rings. The minimum Gasteiger partial charge on any atom is -0.203 e. The molecule has 0 radical (unpaired) electrons. The number of aryl methyl sites for hydroxylation is 2. The van der Waals surface area contributed by atoms with Crippen molar-refractivity contribution >= 4 is 0 Å². The van der Waals surface area contributed by atoms with Gasteiger partial charge in [-0.05, 0) is 54.5 Å². The van der Waals surface area contributed by atoms with Gasteiger partial charge in [0.25, 0.3) is 6.08 Å². The number of rotatable bonds is 3. The summed E-state index contributed by atoms with van der Waals surface area (Å²) in [4.78, 5) is 0. The molecule has 2 aromatic rings. The normalized spacial score (nSPS) is 12.1. The summed E-state index contributed by atoms with van der Waals surface area (Å²) < 4.78 is 80.7. The van der Waals surface area contributed by atoms with Gasteiger partial charge in [-0.1, -0.05) is 12.1 Å². The van der Waals surface area contributed by atoms with Crippen molar-refractivity contribution in [2.75, 3.05) is 0 Å². The summed E-state index contributed by atoms with van der Waals surface area (Å²) in [6.45, 7) is 1.39. The zero-order valence-electron chi connectivity index (χ0n) is 12.6. The molecular formula is C18H12F6. The van der Waals surface area contributed by atoms with Gasteiger partial charge in [0.1, 0.15) is 0 Å². The summed E-state index contributed by atoms with van der Waals surface area (Å²) in [5.41, 5.74) is 0.192. The smallest absolute Gasteiger partial charge is 0.203 e. The lowest BCUT2D eigenvalue weighted by Crippen LogP contribution is -2.00. The first-order valence-corrected chi connectivity index (χ1v) is 7.30. The molecule has 24 heavy (non-hydrogen) atoms. The molecule has 6 heteroatoms. The van der Waals surface area contributed by atoms with Crippen LogP contribution in [0.5, 0.6) is 0 Å². The van der Waals surface area contributed by atoms with E-state index in [2.05, 4.69) is 0 Å². The van der Waals surface area contributed by atoms with Crippen LogP contribution in [0.4, 0.5) is 26.3 Å². The minimum atomic E-state index is -1.89. The summed E-state index contributed by atoms with van der Waals surface area (Å²) >= 11 is 0. The van der Waals surface area contributed by atoms with Gasteiger partial charge in [0, 0.05) is 11.1 Å². The number of hydrogen-bond donors (Lipinski definition) is 0. The lowest BCUT2D eigenvalue weighted by Gasteiger charge is -2.10. The third-order valence-electron chi connectivity index (χ3n) is 4.18. The van der Waals surface area contributed by atoms with Gasteiger partial charge >= 0.3 is 0 Å². The second-order valence-corrected chi connectivity index (χ2v) is 5.76. The number of fused-ring (bicyclic) bond motifs is 3. The van der Waals surface area contributed by atoms with Gasteiger partial charge in [-0.2, -0.15) is 8.78 Å². The van der Waals surface area contributed by atoms with E-state index in [1.54, 1.807) is 0 Å². The van der Waals surface area contributed by atoms with Crippen molar-refractivity contribution in [2.24, 2.45) is 0 Å². The molecule has 1 aliphatic carbocycles. The number of benzene rings is 2. The second kappa shape index (κ2) is 6.00. The Kier molecular flexibility index (Phi) is 4.15. The molecule has 0 spiro atoms. The molecule has 0 unspecified atom stereocenters. The molecule has 1 aliphatic rings. The summed E-state index contributed by atoms with van der Waals surface area (Å²) in [5, 5.41) is 0. The minimum absolute atomic E-state index is 0.0610. The predicted octanol–water partition coefficient (Wildman–Crippen LogP) is 5.84. The van der Waals surface area contributed by atoms with E-state index in [-0.39, 0.29) is 41.5 Å². The average molecular weight is 342 g/mol. The van der Waals surface area contributed by atoms with Crippen LogP contribution in [0.1, 0.15) is 28.7 Å². The van der Waals surface area contributed by atoms with E-state index in [9.17, 15) is 26.3 Å². The van der Waals surface area contributed by atoms with Gasteiger partial charge in [0.05, 0.1) is 0 Å². The molecule has 0 N–H and O–H groups in total. The fraction of sp³-hybridized carbons (Fsp3) is 0.222. The van der Waals surface area contributed by atoms with Crippen molar-refractivity contribution in [1.82, 2.24) is 0 Å². The summed E-state index contributed by atoms with van der Waals surface area (Å²) in [6.07, 6.45) is -1.39. The van der Waals surface area contributed by atoms with Gasteiger partial charge in [-0.25, -0.2) is 17.6 Å². The van der Waals surface area contributed by atoms with Gasteiger partial charge < -0.3 is 0 Å². The quantitative estimate of drug-likeness (QED) is 0.525. The van der Waals surface area contributed by atoms with Crippen LogP contribution in [0.15, 0.2) is 24.3 Å². The topological polar surface area (TPSA) is 0 Å². The average Bonchev–Trinajstić information content (AvgIpc) is 2.87. The van der Waals surface area contributed by atoms with Crippen LogP contribution >= 0.6 is 0 Å². The maximum atomic E-state index is 14.4. The molecule has 0 heterocycles. The van der Waals surface area contributed by atoms with E-state index in [0.29, 0.717) is 17.2 Å². The summed E-state index contributed by atoms with van der Waals surface area (Å²) in [5.74, 6) is -4.77. The van der Waals surface area contributed by atoms with E-state index < -0.39 is 29.3 Å². The Bertz CT molecular complexity index is 863. The Morgan fingerprint density at radius 1 is 0.917 bits per heavy atom. The highest BCUT2D eigenvalue weighted by Crippen LogP contribution is 2.43. The summed E-state index contributed by atoms with van der Waals surface area (Å²) in [7, 11) is 0. The summed E-state index contributed by atoms with van der Waals surface area (Å²) in [6, 6.07) is 2.75. The molecular weight excluding hydrogens is 330 g/mol. The monoisotopic (exact) mass is 342 g/mol. The van der Waals surface area contributed by atoms with E-state index in [1.165, 1.54) is 19.1 Å². The zero-order valence-corrected chi connectivity index (χ0v) is 12.6.